The van der Waals surface area contributed by atoms with E-state index in [2.05, 4.69) is 5.32 Å². The molecule has 1 N–H and O–H groups in total. The quantitative estimate of drug-likeness (QED) is 0.608. The van der Waals surface area contributed by atoms with Crippen molar-refractivity contribution in [1.82, 2.24) is 10.2 Å². The van der Waals surface area contributed by atoms with E-state index >= 15 is 0 Å². The number of carbonyl (C=O) groups is 1. The van der Waals surface area contributed by atoms with Crippen LogP contribution in [0.15, 0.2) is 24.3 Å². The molecule has 0 aliphatic carbocycles. The van der Waals surface area contributed by atoms with E-state index in [1.165, 1.54) is 23.1 Å². The third-order valence-electron chi connectivity index (χ3n) is 3.18. The Morgan fingerprint density at radius 2 is 2.19 bits per heavy atom. The number of carbonyl (C=O) groups excluding carboxylic acids is 1. The third kappa shape index (κ3) is 3.76. The van der Waals surface area contributed by atoms with E-state index in [0.29, 0.717) is 5.56 Å². The predicted octanol–water partition coefficient (Wildman–Crippen LogP) is 0.0698. The van der Waals surface area contributed by atoms with Crippen molar-refractivity contribution in [2.45, 2.75) is 6.17 Å². The van der Waals surface area contributed by atoms with Gasteiger partial charge < -0.3 is 4.90 Å². The molecule has 0 bridgehead atoms. The van der Waals surface area contributed by atoms with Gasteiger partial charge in [0.25, 0.3) is 5.69 Å². The summed E-state index contributed by atoms with van der Waals surface area (Å²) < 4.78 is 22.5. The minimum absolute atomic E-state index is 0.0536. The van der Waals surface area contributed by atoms with Crippen molar-refractivity contribution in [2.75, 3.05) is 25.1 Å². The highest BCUT2D eigenvalue weighted by molar-refractivity contribution is 7.90. The van der Waals surface area contributed by atoms with Crippen molar-refractivity contribution in [3.63, 3.8) is 0 Å². The Bertz CT molecular complexity index is 673. The van der Waals surface area contributed by atoms with Crippen LogP contribution >= 0.6 is 0 Å². The molecule has 1 aromatic carbocycles. The van der Waals surface area contributed by atoms with Crippen LogP contribution < -0.4 is 5.32 Å². The highest BCUT2D eigenvalue weighted by atomic mass is 32.2. The normalized spacial score (nSPS) is 19.0. The first-order chi connectivity index (χ1) is 9.78. The molecular formula is C12H15N3O5S. The minimum Gasteiger partial charge on any atom is -0.321 e. The number of nitrogens with one attached hydrogen (secondary N) is 1. The van der Waals surface area contributed by atoms with Gasteiger partial charge in [-0.3, -0.25) is 20.2 Å². The van der Waals surface area contributed by atoms with E-state index in [1.54, 1.807) is 6.07 Å². The van der Waals surface area contributed by atoms with Crippen LogP contribution in [0.25, 0.3) is 0 Å². The van der Waals surface area contributed by atoms with Gasteiger partial charge in [-0.05, 0) is 5.56 Å². The summed E-state index contributed by atoms with van der Waals surface area (Å²) in [7, 11) is -3.19. The molecule has 1 fully saturated rings. The standard InChI is InChI=1S/C12H15N3O5S/c1-21(19,20)6-5-14-11(16)8-13-12(14)9-3-2-4-10(7-9)15(17)18/h2-4,7,12-13H,5-6,8H2,1H3. The highest BCUT2D eigenvalue weighted by Gasteiger charge is 2.32. The molecule has 21 heavy (non-hydrogen) atoms. The molecule has 1 saturated heterocycles. The van der Waals surface area contributed by atoms with E-state index in [0.717, 1.165) is 6.26 Å². The zero-order valence-corrected chi connectivity index (χ0v) is 12.2. The monoisotopic (exact) mass is 313 g/mol. The number of nitro benzene ring substituents is 1. The molecule has 0 radical (unpaired) electrons. The van der Waals surface area contributed by atoms with Gasteiger partial charge in [-0.15, -0.1) is 0 Å². The van der Waals surface area contributed by atoms with Gasteiger partial charge in [0, 0.05) is 24.9 Å². The third-order valence-corrected chi connectivity index (χ3v) is 4.10. The summed E-state index contributed by atoms with van der Waals surface area (Å²) in [5.41, 5.74) is 0.486. The van der Waals surface area contributed by atoms with Gasteiger partial charge in [-0.25, -0.2) is 8.42 Å². The lowest BCUT2D eigenvalue weighted by Crippen LogP contribution is -2.34. The molecule has 1 amide bonds. The summed E-state index contributed by atoms with van der Waals surface area (Å²) >= 11 is 0. The topological polar surface area (TPSA) is 110 Å². The summed E-state index contributed by atoms with van der Waals surface area (Å²) in [6.45, 7) is 0.134. The van der Waals surface area contributed by atoms with Crippen LogP contribution in [0.1, 0.15) is 11.7 Å². The molecule has 0 spiro atoms. The van der Waals surface area contributed by atoms with Crippen LogP contribution in [0.4, 0.5) is 5.69 Å². The molecular weight excluding hydrogens is 298 g/mol. The Morgan fingerprint density at radius 1 is 1.48 bits per heavy atom. The summed E-state index contributed by atoms with van der Waals surface area (Å²) in [6, 6.07) is 5.94. The van der Waals surface area contributed by atoms with Crippen molar-refractivity contribution >= 4 is 21.4 Å². The van der Waals surface area contributed by atoms with Crippen molar-refractivity contribution < 1.29 is 18.1 Å². The van der Waals surface area contributed by atoms with Crippen molar-refractivity contribution in [3.8, 4) is 0 Å². The second-order valence-corrected chi connectivity index (χ2v) is 7.11. The number of benzene rings is 1. The maximum absolute atomic E-state index is 11.8. The Hall–Kier alpha value is -2.00. The van der Waals surface area contributed by atoms with Gasteiger partial charge in [-0.1, -0.05) is 12.1 Å². The number of non-ortho nitro benzene ring substituents is 1. The number of sulfone groups is 1. The summed E-state index contributed by atoms with van der Waals surface area (Å²) in [6.07, 6.45) is 0.558. The Labute approximate surface area is 121 Å². The van der Waals surface area contributed by atoms with Crippen molar-refractivity contribution in [1.29, 1.82) is 0 Å². The van der Waals surface area contributed by atoms with Gasteiger partial charge in [0.1, 0.15) is 16.0 Å². The number of rotatable bonds is 5. The number of hydrogen-bond donors (Lipinski definition) is 1. The molecule has 1 aliphatic rings. The van der Waals surface area contributed by atoms with Crippen LogP contribution in [0, 0.1) is 10.1 Å². The van der Waals surface area contributed by atoms with E-state index in [4.69, 9.17) is 0 Å². The molecule has 0 aromatic heterocycles. The lowest BCUT2D eigenvalue weighted by atomic mass is 10.1. The van der Waals surface area contributed by atoms with Crippen LogP contribution in [0.3, 0.4) is 0 Å². The number of amides is 1. The van der Waals surface area contributed by atoms with E-state index in [9.17, 15) is 23.3 Å². The molecule has 1 atom stereocenters. The number of hydrogen-bond acceptors (Lipinski definition) is 6. The summed E-state index contributed by atoms with van der Waals surface area (Å²) in [4.78, 5) is 23.5. The van der Waals surface area contributed by atoms with Crippen LogP contribution in [0.2, 0.25) is 0 Å². The molecule has 1 aliphatic heterocycles. The fourth-order valence-electron chi connectivity index (χ4n) is 2.16. The molecule has 9 heteroatoms. The second-order valence-electron chi connectivity index (χ2n) is 4.85. The van der Waals surface area contributed by atoms with E-state index in [1.807, 2.05) is 0 Å². The first-order valence-electron chi connectivity index (χ1n) is 6.23. The maximum Gasteiger partial charge on any atom is 0.269 e. The lowest BCUT2D eigenvalue weighted by Gasteiger charge is -2.24. The molecule has 8 nitrogen and oxygen atoms in total. The van der Waals surface area contributed by atoms with Crippen LogP contribution in [-0.4, -0.2) is 49.2 Å². The summed E-state index contributed by atoms with van der Waals surface area (Å²) in [5.74, 6) is -0.374. The molecule has 2 rings (SSSR count). The van der Waals surface area contributed by atoms with Gasteiger partial charge in [0.2, 0.25) is 5.91 Å². The number of nitro groups is 1. The predicted molar refractivity (Wildman–Crippen MR) is 75.3 cm³/mol. The lowest BCUT2D eigenvalue weighted by molar-refractivity contribution is -0.385. The molecule has 114 valence electrons. The maximum atomic E-state index is 11.8. The minimum atomic E-state index is -3.19. The first kappa shape index (κ1) is 15.4. The average molecular weight is 313 g/mol. The summed E-state index contributed by atoms with van der Waals surface area (Å²) in [5, 5.41) is 13.7. The second kappa shape index (κ2) is 5.78. The molecule has 1 unspecified atom stereocenters. The zero-order valence-electron chi connectivity index (χ0n) is 11.4. The Balaban J connectivity index is 2.23. The molecule has 1 aromatic rings. The van der Waals surface area contributed by atoms with Gasteiger partial charge in [-0.2, -0.15) is 0 Å². The fraction of sp³-hybridized carbons (Fsp3) is 0.417. The SMILES string of the molecule is CS(=O)(=O)CCN1C(=O)CNC1c1cccc([N+](=O)[O-])c1. The first-order valence-corrected chi connectivity index (χ1v) is 8.29. The number of nitrogens with zero attached hydrogens (tertiary/aromatic N) is 2. The van der Waals surface area contributed by atoms with E-state index < -0.39 is 20.9 Å². The van der Waals surface area contributed by atoms with Gasteiger partial charge >= 0.3 is 0 Å². The Kier molecular flexibility index (Phi) is 4.24. The smallest absolute Gasteiger partial charge is 0.269 e. The largest absolute Gasteiger partial charge is 0.321 e. The highest BCUT2D eigenvalue weighted by Crippen LogP contribution is 2.25. The van der Waals surface area contributed by atoms with Crippen molar-refractivity contribution in [3.05, 3.63) is 39.9 Å². The molecule has 0 saturated carbocycles. The fourth-order valence-corrected chi connectivity index (χ4v) is 2.69. The Morgan fingerprint density at radius 3 is 2.81 bits per heavy atom. The molecule has 1 heterocycles. The van der Waals surface area contributed by atoms with E-state index in [-0.39, 0.29) is 30.4 Å². The van der Waals surface area contributed by atoms with Gasteiger partial charge in [0.05, 0.1) is 17.2 Å². The average Bonchev–Trinajstić information content (AvgIpc) is 2.77. The van der Waals surface area contributed by atoms with Crippen LogP contribution in [-0.2, 0) is 14.6 Å². The van der Waals surface area contributed by atoms with Crippen molar-refractivity contribution in [2.24, 2.45) is 0 Å². The van der Waals surface area contributed by atoms with Crippen LogP contribution in [0.5, 0.6) is 0 Å². The van der Waals surface area contributed by atoms with Gasteiger partial charge in [0.15, 0.2) is 0 Å². The zero-order chi connectivity index (χ0) is 15.6.